The fraction of sp³-hybridized carbons (Fsp3) is 0.278. The van der Waals surface area contributed by atoms with E-state index < -0.39 is 11.9 Å². The highest BCUT2D eigenvalue weighted by atomic mass is 16.5. The van der Waals surface area contributed by atoms with Crippen molar-refractivity contribution in [3.63, 3.8) is 0 Å². The van der Waals surface area contributed by atoms with Gasteiger partial charge in [0.25, 0.3) is 5.91 Å². The zero-order valence-electron chi connectivity index (χ0n) is 13.9. The molecule has 0 saturated carbocycles. The summed E-state index contributed by atoms with van der Waals surface area (Å²) in [6.45, 7) is 6.04. The van der Waals surface area contributed by atoms with Crippen LogP contribution in [0.4, 0.5) is 0 Å². The smallest absolute Gasteiger partial charge is 0.354 e. The lowest BCUT2D eigenvalue weighted by Gasteiger charge is -2.17. The van der Waals surface area contributed by atoms with Gasteiger partial charge in [-0.2, -0.15) is 0 Å². The zero-order valence-corrected chi connectivity index (χ0v) is 13.9. The maximum Gasteiger partial charge on any atom is 0.354 e. The molecular weight excluding hydrogens is 308 g/mol. The van der Waals surface area contributed by atoms with Crippen LogP contribution in [0.25, 0.3) is 0 Å². The molecule has 1 atom stereocenters. The number of nitrogens with zero attached hydrogens (tertiary/aromatic N) is 1. The van der Waals surface area contributed by atoms with Gasteiger partial charge in [-0.25, -0.2) is 9.78 Å². The van der Waals surface area contributed by atoms with Gasteiger partial charge in [0, 0.05) is 0 Å². The molecule has 6 nitrogen and oxygen atoms in total. The van der Waals surface area contributed by atoms with E-state index in [0.29, 0.717) is 6.61 Å². The van der Waals surface area contributed by atoms with Crippen molar-refractivity contribution in [2.75, 3.05) is 6.61 Å². The Labute approximate surface area is 140 Å². The summed E-state index contributed by atoms with van der Waals surface area (Å²) in [5.41, 5.74) is 1.96. The highest BCUT2D eigenvalue weighted by molar-refractivity contribution is 5.94. The van der Waals surface area contributed by atoms with Crippen LogP contribution in [-0.4, -0.2) is 34.6 Å². The van der Waals surface area contributed by atoms with E-state index in [9.17, 15) is 9.59 Å². The molecule has 0 fully saturated rings. The van der Waals surface area contributed by atoms with Gasteiger partial charge < -0.3 is 15.2 Å². The normalized spacial score (nSPS) is 11.6. The van der Waals surface area contributed by atoms with E-state index in [4.69, 9.17) is 9.84 Å². The summed E-state index contributed by atoms with van der Waals surface area (Å²) in [5, 5.41) is 11.7. The number of hydrogen-bond acceptors (Lipinski definition) is 4. The molecule has 2 N–H and O–H groups in total. The van der Waals surface area contributed by atoms with E-state index in [1.54, 1.807) is 0 Å². The van der Waals surface area contributed by atoms with Crippen LogP contribution in [0.2, 0.25) is 0 Å². The molecule has 0 radical (unpaired) electrons. The van der Waals surface area contributed by atoms with Crippen molar-refractivity contribution in [2.45, 2.75) is 26.8 Å². The fourth-order valence-corrected chi connectivity index (χ4v) is 2.25. The minimum atomic E-state index is -1.17. The topological polar surface area (TPSA) is 88.5 Å². The summed E-state index contributed by atoms with van der Waals surface area (Å²) in [5.74, 6) is -0.795. The van der Waals surface area contributed by atoms with Gasteiger partial charge in [-0.15, -0.1) is 0 Å². The van der Waals surface area contributed by atoms with E-state index >= 15 is 0 Å². The second-order valence-electron chi connectivity index (χ2n) is 5.62. The molecule has 0 bridgehead atoms. The van der Waals surface area contributed by atoms with Crippen molar-refractivity contribution in [2.24, 2.45) is 0 Å². The van der Waals surface area contributed by atoms with Crippen LogP contribution in [0.1, 0.15) is 39.0 Å². The highest BCUT2D eigenvalue weighted by Crippen LogP contribution is 2.22. The molecule has 2 aromatic rings. The molecule has 1 aromatic carbocycles. The first-order valence-corrected chi connectivity index (χ1v) is 7.58. The number of benzene rings is 1. The second kappa shape index (κ2) is 7.59. The van der Waals surface area contributed by atoms with Gasteiger partial charge in [-0.3, -0.25) is 4.79 Å². The van der Waals surface area contributed by atoms with E-state index in [-0.39, 0.29) is 17.4 Å². The van der Waals surface area contributed by atoms with Crippen molar-refractivity contribution in [3.8, 4) is 5.75 Å². The predicted molar refractivity (Wildman–Crippen MR) is 89.5 cm³/mol. The first-order valence-electron chi connectivity index (χ1n) is 7.58. The van der Waals surface area contributed by atoms with Gasteiger partial charge in [0.2, 0.25) is 0 Å². The Morgan fingerprint density at radius 2 is 1.71 bits per heavy atom. The quantitative estimate of drug-likeness (QED) is 0.851. The molecule has 0 aliphatic rings. The Hall–Kier alpha value is -2.89. The highest BCUT2D eigenvalue weighted by Gasteiger charge is 2.14. The van der Waals surface area contributed by atoms with Crippen LogP contribution >= 0.6 is 0 Å². The number of carboxylic acids is 1. The lowest BCUT2D eigenvalue weighted by Crippen LogP contribution is -2.37. The van der Waals surface area contributed by atoms with Crippen LogP contribution in [0.3, 0.4) is 0 Å². The molecular formula is C18H20N2O4. The number of ether oxygens (including phenoxy) is 1. The molecule has 24 heavy (non-hydrogen) atoms. The number of carbonyl (C=O) groups is 2. The molecule has 0 aliphatic carbocycles. The average molecular weight is 328 g/mol. The largest absolute Gasteiger partial charge is 0.491 e. The fourth-order valence-electron chi connectivity index (χ4n) is 2.25. The Kier molecular flexibility index (Phi) is 5.52. The lowest BCUT2D eigenvalue weighted by atomic mass is 10.1. The number of pyridine rings is 1. The van der Waals surface area contributed by atoms with Crippen molar-refractivity contribution in [1.29, 1.82) is 0 Å². The van der Waals surface area contributed by atoms with Crippen molar-refractivity contribution in [1.82, 2.24) is 10.3 Å². The lowest BCUT2D eigenvalue weighted by molar-refractivity contribution is 0.0690. The van der Waals surface area contributed by atoms with Crippen LogP contribution in [0, 0.1) is 13.8 Å². The van der Waals surface area contributed by atoms with Crippen molar-refractivity contribution >= 4 is 11.9 Å². The summed E-state index contributed by atoms with van der Waals surface area (Å²) in [7, 11) is 0. The first kappa shape index (κ1) is 17.5. The van der Waals surface area contributed by atoms with Gasteiger partial charge in [0.05, 0.1) is 6.04 Å². The Balaban J connectivity index is 1.97. The summed E-state index contributed by atoms with van der Waals surface area (Å²) >= 11 is 0. The molecule has 126 valence electrons. The molecule has 6 heteroatoms. The number of aromatic nitrogens is 1. The number of nitrogens with one attached hydrogen (secondary N) is 1. The molecule has 1 aromatic heterocycles. The molecule has 0 saturated heterocycles. The summed E-state index contributed by atoms with van der Waals surface area (Å²) in [4.78, 5) is 26.9. The monoisotopic (exact) mass is 328 g/mol. The number of amides is 1. The van der Waals surface area contributed by atoms with Crippen LogP contribution in [0.15, 0.2) is 36.4 Å². The van der Waals surface area contributed by atoms with E-state index in [0.717, 1.165) is 16.9 Å². The third-order valence-corrected chi connectivity index (χ3v) is 3.46. The van der Waals surface area contributed by atoms with Gasteiger partial charge >= 0.3 is 5.97 Å². The standard InChI is InChI=1S/C18H20N2O4/c1-11-6-4-7-12(2)16(11)24-10-13(3)19-17(21)14-8-5-9-15(20-14)18(22)23/h4-9,13H,10H2,1-3H3,(H,19,21)(H,22,23). The van der Waals surface area contributed by atoms with Crippen LogP contribution < -0.4 is 10.1 Å². The van der Waals surface area contributed by atoms with Gasteiger partial charge in [-0.1, -0.05) is 24.3 Å². The maximum absolute atomic E-state index is 12.2. The number of aromatic carboxylic acids is 1. The Morgan fingerprint density at radius 1 is 1.12 bits per heavy atom. The third-order valence-electron chi connectivity index (χ3n) is 3.46. The number of hydrogen-bond donors (Lipinski definition) is 2. The SMILES string of the molecule is Cc1cccc(C)c1OCC(C)NC(=O)c1cccc(C(=O)O)n1. The summed E-state index contributed by atoms with van der Waals surface area (Å²) in [6.07, 6.45) is 0. The second-order valence-corrected chi connectivity index (χ2v) is 5.62. The number of aryl methyl sites for hydroxylation is 2. The number of carbonyl (C=O) groups excluding carboxylic acids is 1. The van der Waals surface area contributed by atoms with Crippen molar-refractivity contribution < 1.29 is 19.4 Å². The minimum Gasteiger partial charge on any atom is -0.491 e. The summed E-state index contributed by atoms with van der Waals surface area (Å²) in [6, 6.07) is 9.94. The van der Waals surface area contributed by atoms with E-state index in [1.807, 2.05) is 39.0 Å². The predicted octanol–water partition coefficient (Wildman–Crippen LogP) is 2.59. The van der Waals surface area contributed by atoms with Crippen LogP contribution in [0.5, 0.6) is 5.75 Å². The number of para-hydroxylation sites is 1. The molecule has 1 amide bonds. The number of carboxylic acid groups (broad SMARTS) is 1. The molecule has 1 unspecified atom stereocenters. The van der Waals surface area contributed by atoms with E-state index in [1.165, 1.54) is 18.2 Å². The van der Waals surface area contributed by atoms with Gasteiger partial charge in [-0.05, 0) is 44.0 Å². The molecule has 1 heterocycles. The maximum atomic E-state index is 12.2. The van der Waals surface area contributed by atoms with Gasteiger partial charge in [0.15, 0.2) is 0 Å². The first-order chi connectivity index (χ1) is 11.4. The molecule has 0 aliphatic heterocycles. The molecule has 0 spiro atoms. The minimum absolute atomic E-state index is 0.0637. The third kappa shape index (κ3) is 4.32. The molecule has 2 rings (SSSR count). The van der Waals surface area contributed by atoms with E-state index in [2.05, 4.69) is 10.3 Å². The van der Waals surface area contributed by atoms with Crippen LogP contribution in [-0.2, 0) is 0 Å². The van der Waals surface area contributed by atoms with Crippen molar-refractivity contribution in [3.05, 3.63) is 58.9 Å². The number of rotatable bonds is 6. The zero-order chi connectivity index (χ0) is 17.7. The van der Waals surface area contributed by atoms with Gasteiger partial charge in [0.1, 0.15) is 23.7 Å². The summed E-state index contributed by atoms with van der Waals surface area (Å²) < 4.78 is 5.80. The Morgan fingerprint density at radius 3 is 2.33 bits per heavy atom. The average Bonchev–Trinajstić information content (AvgIpc) is 2.54. The Bertz CT molecular complexity index is 738.